The van der Waals surface area contributed by atoms with Crippen LogP contribution >= 0.6 is 0 Å². The second-order valence-corrected chi connectivity index (χ2v) is 3.32. The highest BCUT2D eigenvalue weighted by atomic mass is 16.5. The molecule has 0 saturated carbocycles. The number of allylic oxidation sites excluding steroid dienone is 1. The van der Waals surface area contributed by atoms with Crippen LogP contribution in [0.4, 0.5) is 0 Å². The van der Waals surface area contributed by atoms with Gasteiger partial charge in [-0.25, -0.2) is 0 Å². The Morgan fingerprint density at radius 2 is 2.00 bits per heavy atom. The van der Waals surface area contributed by atoms with Crippen molar-refractivity contribution in [1.29, 1.82) is 0 Å². The molecule has 0 aliphatic carbocycles. The number of rotatable bonds is 6. The molecule has 15 heavy (non-hydrogen) atoms. The van der Waals surface area contributed by atoms with Gasteiger partial charge in [0.2, 0.25) is 0 Å². The zero-order valence-corrected chi connectivity index (χ0v) is 8.82. The van der Waals surface area contributed by atoms with Crippen molar-refractivity contribution in [2.24, 2.45) is 0 Å². The van der Waals surface area contributed by atoms with Crippen molar-refractivity contribution in [3.63, 3.8) is 0 Å². The fourth-order valence-electron chi connectivity index (χ4n) is 1.23. The molecule has 0 saturated heterocycles. The van der Waals surface area contributed by atoms with Gasteiger partial charge in [0.05, 0.1) is 0 Å². The predicted octanol–water partition coefficient (Wildman–Crippen LogP) is 3.34. The maximum atomic E-state index is 11.3. The Bertz CT molecular complexity index is 304. The molecular weight excluding hydrogens is 188 g/mol. The molecule has 0 fully saturated rings. The van der Waals surface area contributed by atoms with Crippen LogP contribution < -0.4 is 4.74 Å². The van der Waals surface area contributed by atoms with Crippen LogP contribution in [0.15, 0.2) is 43.0 Å². The van der Waals surface area contributed by atoms with E-state index in [1.165, 1.54) is 0 Å². The van der Waals surface area contributed by atoms with E-state index in [-0.39, 0.29) is 5.97 Å². The van der Waals surface area contributed by atoms with Crippen molar-refractivity contribution in [3.05, 3.63) is 43.0 Å². The van der Waals surface area contributed by atoms with E-state index in [9.17, 15) is 4.79 Å². The molecule has 0 amide bonds. The average molecular weight is 204 g/mol. The number of para-hydroxylation sites is 1. The Kier molecular flexibility index (Phi) is 5.23. The molecule has 0 atom stereocenters. The highest BCUT2D eigenvalue weighted by Crippen LogP contribution is 2.10. The molecule has 0 spiro atoms. The van der Waals surface area contributed by atoms with E-state index in [1.807, 2.05) is 24.3 Å². The zero-order chi connectivity index (χ0) is 10.9. The van der Waals surface area contributed by atoms with Crippen LogP contribution in [0.5, 0.6) is 5.75 Å². The lowest BCUT2D eigenvalue weighted by atomic mass is 10.2. The minimum Gasteiger partial charge on any atom is -0.427 e. The summed E-state index contributed by atoms with van der Waals surface area (Å²) in [7, 11) is 0. The van der Waals surface area contributed by atoms with Gasteiger partial charge in [-0.05, 0) is 31.4 Å². The molecule has 1 rings (SSSR count). The predicted molar refractivity (Wildman–Crippen MR) is 60.7 cm³/mol. The third-order valence-electron chi connectivity index (χ3n) is 2.01. The van der Waals surface area contributed by atoms with Crippen molar-refractivity contribution in [1.82, 2.24) is 0 Å². The van der Waals surface area contributed by atoms with Crippen LogP contribution in [-0.2, 0) is 4.79 Å². The second kappa shape index (κ2) is 6.82. The molecule has 0 N–H and O–H groups in total. The van der Waals surface area contributed by atoms with Crippen LogP contribution in [0.25, 0.3) is 0 Å². The van der Waals surface area contributed by atoms with E-state index < -0.39 is 0 Å². The smallest absolute Gasteiger partial charge is 0.311 e. The van der Waals surface area contributed by atoms with Gasteiger partial charge in [0.25, 0.3) is 0 Å². The number of hydrogen-bond acceptors (Lipinski definition) is 2. The largest absolute Gasteiger partial charge is 0.427 e. The lowest BCUT2D eigenvalue weighted by molar-refractivity contribution is -0.134. The molecule has 0 aliphatic heterocycles. The third kappa shape index (κ3) is 5.01. The first-order chi connectivity index (χ1) is 7.33. The minimum atomic E-state index is -0.162. The summed E-state index contributed by atoms with van der Waals surface area (Å²) in [6, 6.07) is 9.14. The van der Waals surface area contributed by atoms with Gasteiger partial charge in [0.1, 0.15) is 5.75 Å². The summed E-state index contributed by atoms with van der Waals surface area (Å²) >= 11 is 0. The van der Waals surface area contributed by atoms with E-state index in [1.54, 1.807) is 12.1 Å². The molecule has 0 aliphatic rings. The highest BCUT2D eigenvalue weighted by Gasteiger charge is 2.03. The topological polar surface area (TPSA) is 26.3 Å². The molecular formula is C13H16O2. The number of ether oxygens (including phenoxy) is 1. The van der Waals surface area contributed by atoms with E-state index in [0.29, 0.717) is 12.2 Å². The van der Waals surface area contributed by atoms with Gasteiger partial charge in [0, 0.05) is 6.42 Å². The summed E-state index contributed by atoms with van der Waals surface area (Å²) in [5.74, 6) is 0.455. The third-order valence-corrected chi connectivity index (χ3v) is 2.01. The molecule has 1 aromatic rings. The highest BCUT2D eigenvalue weighted by molar-refractivity contribution is 5.72. The van der Waals surface area contributed by atoms with Gasteiger partial charge in [-0.3, -0.25) is 4.79 Å². The first kappa shape index (κ1) is 11.5. The fraction of sp³-hybridized carbons (Fsp3) is 0.308. The van der Waals surface area contributed by atoms with Crippen molar-refractivity contribution in [2.75, 3.05) is 0 Å². The molecule has 2 heteroatoms. The first-order valence-corrected chi connectivity index (χ1v) is 5.19. The SMILES string of the molecule is C=CCCCCC(=O)Oc1ccccc1. The molecule has 0 aromatic heterocycles. The van der Waals surface area contributed by atoms with Crippen LogP contribution in [-0.4, -0.2) is 5.97 Å². The number of carbonyl (C=O) groups excluding carboxylic acids is 1. The summed E-state index contributed by atoms with van der Waals surface area (Å²) in [6.07, 6.45) is 5.15. The Morgan fingerprint density at radius 1 is 1.27 bits per heavy atom. The van der Waals surface area contributed by atoms with Gasteiger partial charge in [0.15, 0.2) is 0 Å². The molecule has 0 heterocycles. The quantitative estimate of drug-likeness (QED) is 0.307. The van der Waals surface area contributed by atoms with Gasteiger partial charge >= 0.3 is 5.97 Å². The number of carbonyl (C=O) groups is 1. The summed E-state index contributed by atoms with van der Waals surface area (Å²) < 4.78 is 5.13. The lowest BCUT2D eigenvalue weighted by Crippen LogP contribution is -2.07. The van der Waals surface area contributed by atoms with E-state index >= 15 is 0 Å². The maximum Gasteiger partial charge on any atom is 0.311 e. The Morgan fingerprint density at radius 3 is 2.67 bits per heavy atom. The standard InChI is InChI=1S/C13H16O2/c1-2-3-4-8-11-13(14)15-12-9-6-5-7-10-12/h2,5-7,9-10H,1,3-4,8,11H2. The molecule has 2 nitrogen and oxygen atoms in total. The summed E-state index contributed by atoms with van der Waals surface area (Å²) in [4.78, 5) is 11.3. The molecule has 1 aromatic carbocycles. The zero-order valence-electron chi connectivity index (χ0n) is 8.82. The summed E-state index contributed by atoms with van der Waals surface area (Å²) in [5, 5.41) is 0. The van der Waals surface area contributed by atoms with Gasteiger partial charge in [-0.1, -0.05) is 24.3 Å². The van der Waals surface area contributed by atoms with E-state index in [0.717, 1.165) is 19.3 Å². The van der Waals surface area contributed by atoms with Crippen molar-refractivity contribution < 1.29 is 9.53 Å². The van der Waals surface area contributed by atoms with E-state index in [2.05, 4.69) is 6.58 Å². The first-order valence-electron chi connectivity index (χ1n) is 5.19. The minimum absolute atomic E-state index is 0.162. The monoisotopic (exact) mass is 204 g/mol. The lowest BCUT2D eigenvalue weighted by Gasteiger charge is -2.02. The van der Waals surface area contributed by atoms with Gasteiger partial charge in [-0.2, -0.15) is 0 Å². The summed E-state index contributed by atoms with van der Waals surface area (Å²) in [5.41, 5.74) is 0. The van der Waals surface area contributed by atoms with Gasteiger partial charge < -0.3 is 4.74 Å². The number of unbranched alkanes of at least 4 members (excludes halogenated alkanes) is 2. The second-order valence-electron chi connectivity index (χ2n) is 3.32. The van der Waals surface area contributed by atoms with Crippen molar-refractivity contribution >= 4 is 5.97 Å². The Balaban J connectivity index is 2.22. The summed E-state index contributed by atoms with van der Waals surface area (Å²) in [6.45, 7) is 3.63. The fourth-order valence-corrected chi connectivity index (χ4v) is 1.23. The Labute approximate surface area is 90.6 Å². The number of benzene rings is 1. The molecule has 0 unspecified atom stereocenters. The van der Waals surface area contributed by atoms with Crippen molar-refractivity contribution in [3.8, 4) is 5.75 Å². The molecule has 0 radical (unpaired) electrons. The average Bonchev–Trinajstić information content (AvgIpc) is 2.26. The van der Waals surface area contributed by atoms with Crippen LogP contribution in [0, 0.1) is 0 Å². The van der Waals surface area contributed by atoms with Gasteiger partial charge in [-0.15, -0.1) is 6.58 Å². The van der Waals surface area contributed by atoms with E-state index in [4.69, 9.17) is 4.74 Å². The Hall–Kier alpha value is -1.57. The number of hydrogen-bond donors (Lipinski definition) is 0. The molecule has 0 bridgehead atoms. The van der Waals surface area contributed by atoms with Crippen LogP contribution in [0.3, 0.4) is 0 Å². The maximum absolute atomic E-state index is 11.3. The molecule has 80 valence electrons. The van der Waals surface area contributed by atoms with Crippen LogP contribution in [0.2, 0.25) is 0 Å². The normalized spacial score (nSPS) is 9.60. The van der Waals surface area contributed by atoms with Crippen LogP contribution in [0.1, 0.15) is 25.7 Å². The van der Waals surface area contributed by atoms with Crippen molar-refractivity contribution in [2.45, 2.75) is 25.7 Å². The number of esters is 1.